The lowest BCUT2D eigenvalue weighted by atomic mass is 9.85. The van der Waals surface area contributed by atoms with Crippen molar-refractivity contribution in [1.29, 1.82) is 0 Å². The van der Waals surface area contributed by atoms with Gasteiger partial charge in [-0.05, 0) is 26.0 Å². The van der Waals surface area contributed by atoms with E-state index in [1.807, 2.05) is 12.1 Å². The van der Waals surface area contributed by atoms with Crippen molar-refractivity contribution in [3.63, 3.8) is 0 Å². The van der Waals surface area contributed by atoms with Crippen molar-refractivity contribution in [3.8, 4) is 5.75 Å². The number of methoxy groups -OCH3 is 1. The molecule has 2 fully saturated rings. The van der Waals surface area contributed by atoms with Crippen LogP contribution < -0.4 is 9.64 Å². The monoisotopic (exact) mass is 309 g/mol. The Labute approximate surface area is 135 Å². The number of carbonyl (C=O) groups excluding carboxylic acids is 2. The molecule has 1 aliphatic heterocycles. The molecule has 1 saturated heterocycles. The van der Waals surface area contributed by atoms with Crippen LogP contribution in [0.2, 0.25) is 0 Å². The number of carbonyl (C=O) groups is 2. The van der Waals surface area contributed by atoms with E-state index in [4.69, 9.17) is 4.74 Å². The molecular weight excluding hydrogens is 290 g/mol. The maximum absolute atomic E-state index is 13.0. The number of amides is 2. The van der Waals surface area contributed by atoms with Crippen LogP contribution in [0.4, 0.5) is 5.69 Å². The second kappa shape index (κ2) is 4.82. The number of ether oxygens (including phenoxy) is 1. The highest BCUT2D eigenvalue weighted by Crippen LogP contribution is 2.57. The van der Waals surface area contributed by atoms with Gasteiger partial charge in [0, 0.05) is 11.8 Å². The van der Waals surface area contributed by atoms with Crippen molar-refractivity contribution < 1.29 is 14.3 Å². The summed E-state index contributed by atoms with van der Waals surface area (Å²) in [4.78, 5) is 27.4. The molecule has 118 valence electrons. The van der Waals surface area contributed by atoms with E-state index in [2.05, 4.69) is 26.0 Å². The predicted octanol–water partition coefficient (Wildman–Crippen LogP) is 2.95. The van der Waals surface area contributed by atoms with Gasteiger partial charge in [-0.3, -0.25) is 9.59 Å². The number of hydrogen-bond acceptors (Lipinski definition) is 3. The van der Waals surface area contributed by atoms with Crippen LogP contribution in [0.25, 0.3) is 0 Å². The SMILES string of the molecule is COc1ccccc1N1C(=O)[C@H]2[C@H](C1=O)[C@H]1C=C[C@H]2C1=C(C)C. The van der Waals surface area contributed by atoms with Crippen molar-refractivity contribution in [3.05, 3.63) is 47.6 Å². The van der Waals surface area contributed by atoms with Gasteiger partial charge < -0.3 is 4.74 Å². The van der Waals surface area contributed by atoms with Crippen molar-refractivity contribution in [2.45, 2.75) is 13.8 Å². The number of rotatable bonds is 2. The van der Waals surface area contributed by atoms with Gasteiger partial charge in [-0.15, -0.1) is 0 Å². The number of para-hydroxylation sites is 2. The Bertz CT molecular complexity index is 739. The van der Waals surface area contributed by atoms with E-state index in [9.17, 15) is 9.59 Å². The molecule has 2 bridgehead atoms. The molecule has 0 aromatic heterocycles. The maximum atomic E-state index is 13.0. The Morgan fingerprint density at radius 2 is 1.57 bits per heavy atom. The van der Waals surface area contributed by atoms with Crippen molar-refractivity contribution in [2.75, 3.05) is 12.0 Å². The lowest BCUT2D eigenvalue weighted by molar-refractivity contribution is -0.123. The first-order chi connectivity index (χ1) is 11.1. The summed E-state index contributed by atoms with van der Waals surface area (Å²) in [6.07, 6.45) is 4.20. The number of allylic oxidation sites excluding steroid dienone is 4. The summed E-state index contributed by atoms with van der Waals surface area (Å²) in [5.74, 6) is -0.00550. The van der Waals surface area contributed by atoms with Crippen LogP contribution in [-0.2, 0) is 9.59 Å². The Balaban J connectivity index is 1.79. The van der Waals surface area contributed by atoms with Gasteiger partial charge in [-0.2, -0.15) is 0 Å². The Kier molecular flexibility index (Phi) is 2.98. The maximum Gasteiger partial charge on any atom is 0.238 e. The van der Waals surface area contributed by atoms with E-state index in [1.165, 1.54) is 16.0 Å². The minimum Gasteiger partial charge on any atom is -0.495 e. The van der Waals surface area contributed by atoms with Gasteiger partial charge in [-0.1, -0.05) is 35.4 Å². The lowest BCUT2D eigenvalue weighted by Crippen LogP contribution is -2.33. The van der Waals surface area contributed by atoms with Crippen LogP contribution >= 0.6 is 0 Å². The van der Waals surface area contributed by atoms with Crippen LogP contribution in [0.15, 0.2) is 47.6 Å². The van der Waals surface area contributed by atoms with Gasteiger partial charge in [0.15, 0.2) is 0 Å². The normalized spacial score (nSPS) is 31.1. The molecule has 1 heterocycles. The largest absolute Gasteiger partial charge is 0.495 e. The van der Waals surface area contributed by atoms with Crippen LogP contribution in [-0.4, -0.2) is 18.9 Å². The van der Waals surface area contributed by atoms with E-state index >= 15 is 0 Å². The zero-order valence-corrected chi connectivity index (χ0v) is 13.4. The van der Waals surface area contributed by atoms with Gasteiger partial charge >= 0.3 is 0 Å². The standard InChI is InChI=1S/C19H19NO3/c1-10(2)15-11-8-9-12(15)17-16(11)18(21)20(19(17)22)13-6-4-5-7-14(13)23-3/h4-9,11-12,16-17H,1-3H3/t11-,12-,16+,17+/m0/s1. The first-order valence-electron chi connectivity index (χ1n) is 7.92. The molecule has 4 nitrogen and oxygen atoms in total. The van der Waals surface area contributed by atoms with E-state index < -0.39 is 0 Å². The van der Waals surface area contributed by atoms with Crippen molar-refractivity contribution >= 4 is 17.5 Å². The van der Waals surface area contributed by atoms with Crippen molar-refractivity contribution in [1.82, 2.24) is 0 Å². The highest BCUT2D eigenvalue weighted by Gasteiger charge is 2.62. The number of nitrogens with zero attached hydrogens (tertiary/aromatic N) is 1. The van der Waals surface area contributed by atoms with E-state index in [0.717, 1.165) is 0 Å². The minimum absolute atomic E-state index is 0.0751. The first kappa shape index (κ1) is 14.2. The third-order valence-corrected chi connectivity index (χ3v) is 5.32. The summed E-state index contributed by atoms with van der Waals surface area (Å²) in [6.45, 7) is 4.13. The number of anilines is 1. The van der Waals surface area contributed by atoms with Crippen LogP contribution in [0, 0.1) is 23.7 Å². The number of imide groups is 1. The topological polar surface area (TPSA) is 46.6 Å². The van der Waals surface area contributed by atoms with E-state index in [1.54, 1.807) is 19.2 Å². The molecule has 1 aromatic rings. The molecule has 1 saturated carbocycles. The summed E-state index contributed by atoms with van der Waals surface area (Å²) < 4.78 is 5.33. The minimum atomic E-state index is -0.257. The molecule has 4 heteroatoms. The lowest BCUT2D eigenvalue weighted by Gasteiger charge is -2.21. The number of fused-ring (bicyclic) bond motifs is 5. The van der Waals surface area contributed by atoms with E-state index in [-0.39, 0.29) is 35.5 Å². The average Bonchev–Trinajstić information content (AvgIpc) is 3.18. The second-order valence-corrected chi connectivity index (χ2v) is 6.63. The molecule has 23 heavy (non-hydrogen) atoms. The fraction of sp³-hybridized carbons (Fsp3) is 0.368. The third-order valence-electron chi connectivity index (χ3n) is 5.32. The summed E-state index contributed by atoms with van der Waals surface area (Å²) in [5.41, 5.74) is 3.04. The molecule has 0 unspecified atom stereocenters. The van der Waals surface area contributed by atoms with Gasteiger partial charge in [0.1, 0.15) is 5.75 Å². The molecule has 2 aliphatic carbocycles. The molecule has 4 rings (SSSR count). The summed E-state index contributed by atoms with van der Waals surface area (Å²) in [6, 6.07) is 7.20. The second-order valence-electron chi connectivity index (χ2n) is 6.63. The molecule has 0 N–H and O–H groups in total. The summed E-state index contributed by atoms with van der Waals surface area (Å²) >= 11 is 0. The fourth-order valence-electron chi connectivity index (χ4n) is 4.48. The Morgan fingerprint density at radius 1 is 1.00 bits per heavy atom. The first-order valence-corrected chi connectivity index (χ1v) is 7.92. The smallest absolute Gasteiger partial charge is 0.238 e. The molecule has 0 spiro atoms. The van der Waals surface area contributed by atoms with Crippen molar-refractivity contribution in [2.24, 2.45) is 23.7 Å². The van der Waals surface area contributed by atoms with Crippen LogP contribution in [0.5, 0.6) is 5.75 Å². The van der Waals surface area contributed by atoms with Gasteiger partial charge in [0.2, 0.25) is 11.8 Å². The van der Waals surface area contributed by atoms with Crippen LogP contribution in [0.1, 0.15) is 13.8 Å². The van der Waals surface area contributed by atoms with Gasteiger partial charge in [0.05, 0.1) is 24.6 Å². The summed E-state index contributed by atoms with van der Waals surface area (Å²) in [5, 5.41) is 0. The van der Waals surface area contributed by atoms with Crippen LogP contribution in [0.3, 0.4) is 0 Å². The molecule has 4 atom stereocenters. The predicted molar refractivity (Wildman–Crippen MR) is 87.0 cm³/mol. The molecule has 2 amide bonds. The molecule has 0 radical (unpaired) electrons. The van der Waals surface area contributed by atoms with E-state index in [0.29, 0.717) is 11.4 Å². The molecular formula is C19H19NO3. The average molecular weight is 309 g/mol. The zero-order chi connectivity index (χ0) is 16.3. The Morgan fingerprint density at radius 3 is 2.09 bits per heavy atom. The van der Waals surface area contributed by atoms with Gasteiger partial charge in [-0.25, -0.2) is 4.90 Å². The zero-order valence-electron chi connectivity index (χ0n) is 13.4. The highest BCUT2D eigenvalue weighted by atomic mass is 16.5. The molecule has 1 aromatic carbocycles. The number of hydrogen-bond donors (Lipinski definition) is 0. The Hall–Kier alpha value is -2.36. The number of benzene rings is 1. The van der Waals surface area contributed by atoms with Gasteiger partial charge in [0.25, 0.3) is 0 Å². The quantitative estimate of drug-likeness (QED) is 0.623. The fourth-order valence-corrected chi connectivity index (χ4v) is 4.48. The highest BCUT2D eigenvalue weighted by molar-refractivity contribution is 6.23. The third kappa shape index (κ3) is 1.72. The molecule has 3 aliphatic rings. The summed E-state index contributed by atoms with van der Waals surface area (Å²) in [7, 11) is 1.55.